The third-order valence-electron chi connectivity index (χ3n) is 4.18. The molecule has 0 saturated heterocycles. The smallest absolute Gasteiger partial charge is 0.231 e. The van der Waals surface area contributed by atoms with Crippen molar-refractivity contribution in [3.8, 4) is 5.75 Å². The minimum Gasteiger partial charge on any atom is -0.496 e. The number of ether oxygens (including phenoxy) is 1. The Morgan fingerprint density at radius 3 is 2.88 bits per heavy atom. The Hall–Kier alpha value is -2.13. The number of carbonyl (C=O) groups is 1. The number of aromatic nitrogens is 1. The van der Waals surface area contributed by atoms with E-state index in [1.807, 2.05) is 25.1 Å². The molecule has 0 atom stereocenters. The molecule has 2 heterocycles. The Labute approximate surface area is 157 Å². The van der Waals surface area contributed by atoms with Crippen LogP contribution in [0.2, 0.25) is 0 Å². The highest BCUT2D eigenvalue weighted by Gasteiger charge is 2.25. The normalized spacial score (nSPS) is 14.0. The van der Waals surface area contributed by atoms with Gasteiger partial charge in [0.1, 0.15) is 5.75 Å². The molecule has 1 amide bonds. The van der Waals surface area contributed by atoms with E-state index in [9.17, 15) is 13.2 Å². The van der Waals surface area contributed by atoms with Crippen molar-refractivity contribution in [3.63, 3.8) is 0 Å². The number of thiazole rings is 1. The van der Waals surface area contributed by atoms with Gasteiger partial charge in [-0.25, -0.2) is 13.4 Å². The van der Waals surface area contributed by atoms with Gasteiger partial charge in [0.2, 0.25) is 15.9 Å². The zero-order chi connectivity index (χ0) is 18.9. The van der Waals surface area contributed by atoms with Crippen molar-refractivity contribution in [2.75, 3.05) is 24.6 Å². The second-order valence-electron chi connectivity index (χ2n) is 6.31. The number of fused-ring (bicyclic) bond motifs is 1. The Balaban J connectivity index is 1.69. The topological polar surface area (TPSA) is 88.6 Å². The van der Waals surface area contributed by atoms with Gasteiger partial charge in [-0.05, 0) is 24.1 Å². The summed E-state index contributed by atoms with van der Waals surface area (Å²) < 4.78 is 30.4. The molecule has 7 nitrogen and oxygen atoms in total. The van der Waals surface area contributed by atoms with Crippen LogP contribution in [0.1, 0.15) is 21.7 Å². The van der Waals surface area contributed by atoms with Crippen molar-refractivity contribution in [2.24, 2.45) is 0 Å². The molecule has 1 aromatic heterocycles. The molecule has 0 spiro atoms. The van der Waals surface area contributed by atoms with Gasteiger partial charge in [0, 0.05) is 17.8 Å². The summed E-state index contributed by atoms with van der Waals surface area (Å²) in [6.07, 6.45) is 2.03. The molecule has 0 radical (unpaired) electrons. The highest BCUT2D eigenvalue weighted by molar-refractivity contribution is 7.92. The lowest BCUT2D eigenvalue weighted by Crippen LogP contribution is -2.36. The maximum Gasteiger partial charge on any atom is 0.231 e. The number of hydrogen-bond donors (Lipinski definition) is 1. The number of nitrogens with one attached hydrogen (secondary N) is 1. The second-order valence-corrected chi connectivity index (χ2v) is 9.14. The van der Waals surface area contributed by atoms with E-state index in [-0.39, 0.29) is 5.91 Å². The van der Waals surface area contributed by atoms with Crippen molar-refractivity contribution in [3.05, 3.63) is 39.9 Å². The minimum atomic E-state index is -3.35. The number of aryl methyl sites for hydroxylation is 1. The molecule has 1 N–H and O–H groups in total. The zero-order valence-corrected chi connectivity index (χ0v) is 16.5. The number of sulfonamides is 1. The fourth-order valence-electron chi connectivity index (χ4n) is 2.87. The summed E-state index contributed by atoms with van der Waals surface area (Å²) >= 11 is 1.28. The number of rotatable bonds is 5. The third-order valence-corrected chi connectivity index (χ3v) is 5.88. The van der Waals surface area contributed by atoms with Crippen LogP contribution in [0.3, 0.4) is 0 Å². The number of carbonyl (C=O) groups excluding carboxylic acids is 1. The van der Waals surface area contributed by atoms with Crippen LogP contribution in [0.5, 0.6) is 5.75 Å². The van der Waals surface area contributed by atoms with E-state index in [2.05, 4.69) is 9.71 Å². The first kappa shape index (κ1) is 18.7. The van der Waals surface area contributed by atoms with Crippen LogP contribution in [-0.4, -0.2) is 44.1 Å². The lowest BCUT2D eigenvalue weighted by atomic mass is 10.1. The van der Waals surface area contributed by atoms with Crippen molar-refractivity contribution >= 4 is 32.4 Å². The van der Waals surface area contributed by atoms with Crippen LogP contribution < -0.4 is 9.46 Å². The van der Waals surface area contributed by atoms with E-state index < -0.39 is 10.0 Å². The molecule has 3 rings (SSSR count). The molecule has 26 heavy (non-hydrogen) atoms. The predicted octanol–water partition coefficient (Wildman–Crippen LogP) is 1.96. The quantitative estimate of drug-likeness (QED) is 0.836. The van der Waals surface area contributed by atoms with Crippen LogP contribution in [0.4, 0.5) is 5.13 Å². The largest absolute Gasteiger partial charge is 0.496 e. The molecule has 0 fully saturated rings. The van der Waals surface area contributed by atoms with E-state index in [0.29, 0.717) is 31.1 Å². The van der Waals surface area contributed by atoms with Crippen LogP contribution in [0, 0.1) is 6.92 Å². The molecule has 1 aromatic carbocycles. The van der Waals surface area contributed by atoms with Crippen molar-refractivity contribution < 1.29 is 17.9 Å². The minimum absolute atomic E-state index is 0.0348. The number of amides is 1. The summed E-state index contributed by atoms with van der Waals surface area (Å²) in [6, 6.07) is 5.78. The van der Waals surface area contributed by atoms with E-state index in [4.69, 9.17) is 4.74 Å². The fourth-order valence-corrected chi connectivity index (χ4v) is 4.73. The molecular weight excluding hydrogens is 374 g/mol. The van der Waals surface area contributed by atoms with Gasteiger partial charge in [0.25, 0.3) is 0 Å². The average Bonchev–Trinajstić information content (AvgIpc) is 2.95. The third kappa shape index (κ3) is 4.34. The van der Waals surface area contributed by atoms with E-state index in [0.717, 1.165) is 33.7 Å². The zero-order valence-electron chi connectivity index (χ0n) is 14.9. The highest BCUT2D eigenvalue weighted by atomic mass is 32.2. The molecule has 140 valence electrons. The first-order valence-electron chi connectivity index (χ1n) is 8.13. The molecule has 9 heteroatoms. The number of benzene rings is 1. The first-order chi connectivity index (χ1) is 12.2. The van der Waals surface area contributed by atoms with Gasteiger partial charge in [-0.3, -0.25) is 9.52 Å². The van der Waals surface area contributed by atoms with E-state index in [1.54, 1.807) is 12.0 Å². The maximum absolute atomic E-state index is 12.7. The summed E-state index contributed by atoms with van der Waals surface area (Å²) in [5, 5.41) is 0.357. The Morgan fingerprint density at radius 2 is 2.19 bits per heavy atom. The van der Waals surface area contributed by atoms with E-state index in [1.165, 1.54) is 11.3 Å². The van der Waals surface area contributed by atoms with Crippen LogP contribution >= 0.6 is 11.3 Å². The summed E-state index contributed by atoms with van der Waals surface area (Å²) in [7, 11) is -1.73. The van der Waals surface area contributed by atoms with Crippen molar-refractivity contribution in [1.82, 2.24) is 9.88 Å². The van der Waals surface area contributed by atoms with Crippen LogP contribution in [0.25, 0.3) is 0 Å². The number of anilines is 1. The van der Waals surface area contributed by atoms with Gasteiger partial charge in [-0.1, -0.05) is 23.5 Å². The van der Waals surface area contributed by atoms with Gasteiger partial charge in [-0.15, -0.1) is 0 Å². The van der Waals surface area contributed by atoms with Gasteiger partial charge in [0.05, 0.1) is 32.0 Å². The summed E-state index contributed by atoms with van der Waals surface area (Å²) in [5.74, 6) is 0.808. The molecule has 2 aromatic rings. The van der Waals surface area contributed by atoms with E-state index >= 15 is 0 Å². The van der Waals surface area contributed by atoms with Crippen LogP contribution in [0.15, 0.2) is 18.2 Å². The van der Waals surface area contributed by atoms with Gasteiger partial charge in [-0.2, -0.15) is 0 Å². The monoisotopic (exact) mass is 395 g/mol. The maximum atomic E-state index is 12.7. The lowest BCUT2D eigenvalue weighted by molar-refractivity contribution is -0.131. The van der Waals surface area contributed by atoms with Crippen molar-refractivity contribution in [2.45, 2.75) is 26.3 Å². The number of methoxy groups -OCH3 is 1. The number of hydrogen-bond acceptors (Lipinski definition) is 6. The summed E-state index contributed by atoms with van der Waals surface area (Å²) in [6.45, 7) is 3.00. The first-order valence-corrected chi connectivity index (χ1v) is 10.8. The van der Waals surface area contributed by atoms with Crippen LogP contribution in [-0.2, 0) is 34.2 Å². The second kappa shape index (κ2) is 7.24. The molecular formula is C17H21N3O4S2. The molecule has 0 bridgehead atoms. The molecule has 0 unspecified atom stereocenters. The SMILES string of the molecule is COc1cc(CC(=O)N2CCc3nc(NS(C)(=O)=O)sc3C2)ccc1C. The standard InChI is InChI=1S/C17H21N3O4S2/c1-11-4-5-12(8-14(11)24-2)9-16(21)20-7-6-13-15(10-20)25-17(18-13)19-26(3,22)23/h4-5,8H,6-7,9-10H2,1-3H3,(H,18,19). The average molecular weight is 396 g/mol. The Morgan fingerprint density at radius 1 is 1.42 bits per heavy atom. The van der Waals surface area contributed by atoms with Gasteiger partial charge >= 0.3 is 0 Å². The lowest BCUT2D eigenvalue weighted by Gasteiger charge is -2.26. The van der Waals surface area contributed by atoms with Gasteiger partial charge < -0.3 is 9.64 Å². The molecule has 0 saturated carbocycles. The van der Waals surface area contributed by atoms with Crippen molar-refractivity contribution in [1.29, 1.82) is 0 Å². The summed E-state index contributed by atoms with van der Waals surface area (Å²) in [4.78, 5) is 19.7. The predicted molar refractivity (Wildman–Crippen MR) is 101 cm³/mol. The number of nitrogens with zero attached hydrogens (tertiary/aromatic N) is 2. The Bertz CT molecular complexity index is 937. The highest BCUT2D eigenvalue weighted by Crippen LogP contribution is 2.29. The van der Waals surface area contributed by atoms with Gasteiger partial charge in [0.15, 0.2) is 5.13 Å². The molecule has 1 aliphatic heterocycles. The fraction of sp³-hybridized carbons (Fsp3) is 0.412. The molecule has 1 aliphatic rings. The molecule has 0 aliphatic carbocycles. The Kier molecular flexibility index (Phi) is 5.19. The summed E-state index contributed by atoms with van der Waals surface area (Å²) in [5.41, 5.74) is 2.80.